The molecular weight excluding hydrogens is 393 g/mol. The van der Waals surface area contributed by atoms with Crippen molar-refractivity contribution in [3.8, 4) is 11.1 Å². The molecule has 1 heterocycles. The summed E-state index contributed by atoms with van der Waals surface area (Å²) < 4.78 is 4.84. The summed E-state index contributed by atoms with van der Waals surface area (Å²) in [7, 11) is 1.29. The summed E-state index contributed by atoms with van der Waals surface area (Å²) in [4.78, 5) is 24.7. The average molecular weight is 406 g/mol. The maximum atomic E-state index is 12.5. The summed E-state index contributed by atoms with van der Waals surface area (Å²) in [5, 5.41) is 7.29. The van der Waals surface area contributed by atoms with E-state index in [1.54, 1.807) is 29.5 Å². The number of methoxy groups -OCH3 is 1. The Bertz CT molecular complexity index is 971. The lowest BCUT2D eigenvalue weighted by Crippen LogP contribution is -2.16. The minimum atomic E-state index is -0.542. The topological polar surface area (TPSA) is 55.4 Å². The molecule has 0 aliphatic rings. The van der Waals surface area contributed by atoms with Gasteiger partial charge in [0.25, 0.3) is 5.91 Å². The fraction of sp³-hybridized carbons (Fsp3) is 0.0526. The number of hydrogen-bond donors (Lipinski definition) is 1. The molecule has 2 aromatic carbocycles. The van der Waals surface area contributed by atoms with E-state index in [0.717, 1.165) is 11.1 Å². The Morgan fingerprint density at radius 3 is 2.46 bits per heavy atom. The number of anilines is 1. The lowest BCUT2D eigenvalue weighted by molar-refractivity contribution is 0.0602. The normalized spacial score (nSPS) is 10.4. The van der Waals surface area contributed by atoms with Crippen molar-refractivity contribution < 1.29 is 14.3 Å². The first-order chi connectivity index (χ1) is 12.5. The highest BCUT2D eigenvalue weighted by Crippen LogP contribution is 2.28. The molecule has 132 valence electrons. The number of amides is 1. The van der Waals surface area contributed by atoms with Gasteiger partial charge in [-0.3, -0.25) is 4.79 Å². The second-order valence-electron chi connectivity index (χ2n) is 5.34. The molecule has 1 N–H and O–H groups in total. The van der Waals surface area contributed by atoms with E-state index in [0.29, 0.717) is 10.7 Å². The van der Waals surface area contributed by atoms with Crippen LogP contribution in [0.2, 0.25) is 10.0 Å². The van der Waals surface area contributed by atoms with Gasteiger partial charge < -0.3 is 10.1 Å². The number of rotatable bonds is 4. The monoisotopic (exact) mass is 405 g/mol. The van der Waals surface area contributed by atoms with Crippen molar-refractivity contribution >= 4 is 52.1 Å². The van der Waals surface area contributed by atoms with Crippen molar-refractivity contribution in [2.45, 2.75) is 0 Å². The number of carbonyl (C=O) groups excluding carboxylic acids is 2. The van der Waals surface area contributed by atoms with Crippen molar-refractivity contribution in [1.29, 1.82) is 0 Å². The van der Waals surface area contributed by atoms with Crippen molar-refractivity contribution in [2.75, 3.05) is 12.4 Å². The predicted molar refractivity (Wildman–Crippen MR) is 106 cm³/mol. The first kappa shape index (κ1) is 18.5. The van der Waals surface area contributed by atoms with E-state index in [4.69, 9.17) is 27.9 Å². The van der Waals surface area contributed by atoms with Crippen molar-refractivity contribution in [3.05, 3.63) is 74.4 Å². The summed E-state index contributed by atoms with van der Waals surface area (Å²) in [6.07, 6.45) is 0. The molecule has 3 aromatic rings. The molecule has 0 saturated heterocycles. The first-order valence-electron chi connectivity index (χ1n) is 7.51. The van der Waals surface area contributed by atoms with Gasteiger partial charge in [-0.25, -0.2) is 4.79 Å². The molecule has 4 nitrogen and oxygen atoms in total. The van der Waals surface area contributed by atoms with Crippen LogP contribution in [-0.2, 0) is 4.74 Å². The highest BCUT2D eigenvalue weighted by molar-refractivity contribution is 7.08. The zero-order valence-corrected chi connectivity index (χ0v) is 15.9. The van der Waals surface area contributed by atoms with Crippen LogP contribution in [0.5, 0.6) is 0 Å². The van der Waals surface area contributed by atoms with Gasteiger partial charge >= 0.3 is 5.97 Å². The molecule has 0 spiro atoms. The van der Waals surface area contributed by atoms with Crippen LogP contribution in [0.3, 0.4) is 0 Å². The molecule has 0 aliphatic heterocycles. The molecule has 0 aliphatic carbocycles. The fourth-order valence-corrected chi connectivity index (χ4v) is 3.56. The summed E-state index contributed by atoms with van der Waals surface area (Å²) >= 11 is 13.5. The Morgan fingerprint density at radius 1 is 1.00 bits per heavy atom. The van der Waals surface area contributed by atoms with Crippen molar-refractivity contribution in [1.82, 2.24) is 0 Å². The Balaban J connectivity index is 1.96. The van der Waals surface area contributed by atoms with Crippen LogP contribution in [0.25, 0.3) is 11.1 Å². The number of carbonyl (C=O) groups is 2. The summed E-state index contributed by atoms with van der Waals surface area (Å²) in [5.74, 6) is -0.986. The molecule has 0 atom stereocenters. The van der Waals surface area contributed by atoms with Crippen LogP contribution in [0.15, 0.2) is 53.2 Å². The van der Waals surface area contributed by atoms with E-state index in [2.05, 4.69) is 5.32 Å². The average Bonchev–Trinajstić information content (AvgIpc) is 3.16. The molecular formula is C19H13Cl2NO3S. The Morgan fingerprint density at radius 2 is 1.81 bits per heavy atom. The molecule has 0 bridgehead atoms. The summed E-state index contributed by atoms with van der Waals surface area (Å²) in [6, 6.07) is 11.7. The van der Waals surface area contributed by atoms with Crippen molar-refractivity contribution in [3.63, 3.8) is 0 Å². The number of halogens is 2. The van der Waals surface area contributed by atoms with Crippen molar-refractivity contribution in [2.24, 2.45) is 0 Å². The predicted octanol–water partition coefficient (Wildman–Crippen LogP) is 5.76. The van der Waals surface area contributed by atoms with Crippen LogP contribution >= 0.6 is 34.5 Å². The highest BCUT2D eigenvalue weighted by atomic mass is 35.5. The zero-order valence-electron chi connectivity index (χ0n) is 13.6. The van der Waals surface area contributed by atoms with Crippen LogP contribution in [-0.4, -0.2) is 19.0 Å². The third-order valence-corrected chi connectivity index (χ3v) is 4.93. The fourth-order valence-electron chi connectivity index (χ4n) is 2.40. The molecule has 0 saturated carbocycles. The Hall–Kier alpha value is -2.34. The van der Waals surface area contributed by atoms with E-state index in [9.17, 15) is 9.59 Å². The second-order valence-corrected chi connectivity index (χ2v) is 6.97. The third-order valence-electron chi connectivity index (χ3n) is 3.70. The number of thiophene rings is 1. The van der Waals surface area contributed by atoms with Gasteiger partial charge in [-0.1, -0.05) is 29.3 Å². The van der Waals surface area contributed by atoms with Gasteiger partial charge in [-0.2, -0.15) is 11.3 Å². The number of hydrogen-bond acceptors (Lipinski definition) is 4. The second kappa shape index (κ2) is 7.91. The first-order valence-corrected chi connectivity index (χ1v) is 9.21. The van der Waals surface area contributed by atoms with E-state index < -0.39 is 11.9 Å². The lowest BCUT2D eigenvalue weighted by atomic mass is 10.0. The number of ether oxygens (including phenoxy) is 1. The number of nitrogens with one attached hydrogen (secondary N) is 1. The van der Waals surface area contributed by atoms with Gasteiger partial charge in [0.1, 0.15) is 0 Å². The molecule has 7 heteroatoms. The molecule has 26 heavy (non-hydrogen) atoms. The Labute approximate surface area is 164 Å². The van der Waals surface area contributed by atoms with Crippen LogP contribution in [0, 0.1) is 0 Å². The maximum absolute atomic E-state index is 12.5. The summed E-state index contributed by atoms with van der Waals surface area (Å²) in [5.41, 5.74) is 2.70. The molecule has 1 amide bonds. The molecule has 0 fully saturated rings. The van der Waals surface area contributed by atoms with E-state index in [-0.39, 0.29) is 16.1 Å². The van der Waals surface area contributed by atoms with Gasteiger partial charge in [-0.05, 0) is 58.3 Å². The van der Waals surface area contributed by atoms with Gasteiger partial charge in [0.05, 0.1) is 28.9 Å². The van der Waals surface area contributed by atoms with Crippen LogP contribution < -0.4 is 5.32 Å². The lowest BCUT2D eigenvalue weighted by Gasteiger charge is -2.12. The van der Waals surface area contributed by atoms with Gasteiger partial charge in [0, 0.05) is 5.02 Å². The highest BCUT2D eigenvalue weighted by Gasteiger charge is 2.18. The van der Waals surface area contributed by atoms with E-state index in [1.165, 1.54) is 19.2 Å². The molecule has 0 radical (unpaired) electrons. The van der Waals surface area contributed by atoms with Crippen LogP contribution in [0.4, 0.5) is 5.69 Å². The smallest absolute Gasteiger partial charge is 0.339 e. The van der Waals surface area contributed by atoms with E-state index in [1.807, 2.05) is 22.9 Å². The zero-order chi connectivity index (χ0) is 18.7. The largest absolute Gasteiger partial charge is 0.465 e. The van der Waals surface area contributed by atoms with Gasteiger partial charge in [0.15, 0.2) is 0 Å². The molecule has 0 unspecified atom stereocenters. The standard InChI is InChI=1S/C19H13Cl2NO3S/c1-25-19(24)15-8-11(12-6-7-26-10-12)2-5-17(15)22-18(23)14-4-3-13(20)9-16(14)21/h2-10H,1H3,(H,22,23). The number of esters is 1. The quantitative estimate of drug-likeness (QED) is 0.561. The molecule has 1 aromatic heterocycles. The van der Waals surface area contributed by atoms with Gasteiger partial charge in [0.2, 0.25) is 0 Å². The SMILES string of the molecule is COC(=O)c1cc(-c2ccsc2)ccc1NC(=O)c1ccc(Cl)cc1Cl. The number of benzene rings is 2. The van der Waals surface area contributed by atoms with Crippen LogP contribution in [0.1, 0.15) is 20.7 Å². The third kappa shape index (κ3) is 3.90. The van der Waals surface area contributed by atoms with E-state index >= 15 is 0 Å². The minimum absolute atomic E-state index is 0.226. The molecule has 3 rings (SSSR count). The summed E-state index contributed by atoms with van der Waals surface area (Å²) in [6.45, 7) is 0. The minimum Gasteiger partial charge on any atom is -0.465 e. The maximum Gasteiger partial charge on any atom is 0.339 e. The van der Waals surface area contributed by atoms with Gasteiger partial charge in [-0.15, -0.1) is 0 Å². The Kier molecular flexibility index (Phi) is 5.61.